The maximum atomic E-state index is 11.9. The lowest BCUT2D eigenvalue weighted by atomic mass is 9.65. The maximum absolute atomic E-state index is 11.9. The van der Waals surface area contributed by atoms with Crippen molar-refractivity contribution < 1.29 is 9.90 Å². The summed E-state index contributed by atoms with van der Waals surface area (Å²) in [5.41, 5.74) is 0.233. The van der Waals surface area contributed by atoms with E-state index in [1.54, 1.807) is 18.5 Å². The number of Topliss-reactive ketones (excluding diaryl/α,β-unsaturated/α-hetero) is 1. The molecule has 0 bridgehead atoms. The van der Waals surface area contributed by atoms with E-state index in [1.165, 1.54) is 0 Å². The molecule has 0 aliphatic heterocycles. The Morgan fingerprint density at radius 1 is 1.62 bits per heavy atom. The average molecular weight is 179 g/mol. The predicted octanol–water partition coefficient (Wildman–Crippen LogP) is 1.36. The van der Waals surface area contributed by atoms with Gasteiger partial charge in [-0.1, -0.05) is 6.42 Å². The Bertz CT molecular complexity index is 293. The number of aromatic nitrogens is 1. The minimum Gasteiger partial charge on any atom is -0.395 e. The van der Waals surface area contributed by atoms with Gasteiger partial charge in [0.05, 0.1) is 12.0 Å². The van der Waals surface area contributed by atoms with Crippen molar-refractivity contribution >= 4 is 5.78 Å². The van der Waals surface area contributed by atoms with Crippen LogP contribution in [0, 0.1) is 5.41 Å². The Kier molecular flexibility index (Phi) is 1.96. The third-order valence-electron chi connectivity index (χ3n) is 2.96. The van der Waals surface area contributed by atoms with E-state index in [0.29, 0.717) is 5.56 Å². The van der Waals surface area contributed by atoms with E-state index in [4.69, 9.17) is 0 Å². The number of ketones is 1. The summed E-state index contributed by atoms with van der Waals surface area (Å²) in [5.74, 6) is 0.0856. The second-order valence-electron chi connectivity index (χ2n) is 3.72. The Morgan fingerprint density at radius 3 is 2.77 bits per heavy atom. The molecule has 0 amide bonds. The van der Waals surface area contributed by atoms with E-state index in [9.17, 15) is 9.90 Å². The SMILES string of the molecule is O=C(c1cc[nH]c1)C1(CO)CCC1. The zero-order valence-corrected chi connectivity index (χ0v) is 7.42. The van der Waals surface area contributed by atoms with Crippen molar-refractivity contribution in [2.75, 3.05) is 6.61 Å². The van der Waals surface area contributed by atoms with Gasteiger partial charge in [0.1, 0.15) is 0 Å². The molecule has 1 fully saturated rings. The number of carbonyl (C=O) groups is 1. The van der Waals surface area contributed by atoms with Crippen LogP contribution in [0.5, 0.6) is 0 Å². The molecule has 1 heterocycles. The lowest BCUT2D eigenvalue weighted by molar-refractivity contribution is 0.0348. The highest BCUT2D eigenvalue weighted by Crippen LogP contribution is 2.42. The fourth-order valence-electron chi connectivity index (χ4n) is 1.83. The molecule has 2 N–H and O–H groups in total. The summed E-state index contributed by atoms with van der Waals surface area (Å²) in [7, 11) is 0. The van der Waals surface area contributed by atoms with Crippen molar-refractivity contribution in [2.45, 2.75) is 19.3 Å². The van der Waals surface area contributed by atoms with Crippen LogP contribution in [0.4, 0.5) is 0 Å². The van der Waals surface area contributed by atoms with Gasteiger partial charge in [-0.2, -0.15) is 0 Å². The number of aliphatic hydroxyl groups is 1. The first kappa shape index (κ1) is 8.51. The first-order valence-corrected chi connectivity index (χ1v) is 4.57. The molecule has 70 valence electrons. The van der Waals surface area contributed by atoms with E-state index >= 15 is 0 Å². The van der Waals surface area contributed by atoms with Crippen LogP contribution in [-0.2, 0) is 0 Å². The Labute approximate surface area is 76.8 Å². The second-order valence-corrected chi connectivity index (χ2v) is 3.72. The van der Waals surface area contributed by atoms with Crippen LogP contribution < -0.4 is 0 Å². The van der Waals surface area contributed by atoms with Gasteiger partial charge in [0, 0.05) is 18.0 Å². The van der Waals surface area contributed by atoms with Crippen molar-refractivity contribution in [1.29, 1.82) is 0 Å². The van der Waals surface area contributed by atoms with E-state index < -0.39 is 5.41 Å². The third-order valence-corrected chi connectivity index (χ3v) is 2.96. The number of hydrogen-bond acceptors (Lipinski definition) is 2. The van der Waals surface area contributed by atoms with Gasteiger partial charge in [-0.15, -0.1) is 0 Å². The summed E-state index contributed by atoms with van der Waals surface area (Å²) < 4.78 is 0. The lowest BCUT2D eigenvalue weighted by Crippen LogP contribution is -2.41. The number of aromatic amines is 1. The summed E-state index contributed by atoms with van der Waals surface area (Å²) >= 11 is 0. The van der Waals surface area contributed by atoms with E-state index in [-0.39, 0.29) is 12.4 Å². The molecule has 0 unspecified atom stereocenters. The molecule has 0 atom stereocenters. The third kappa shape index (κ3) is 1.20. The Balaban J connectivity index is 2.21. The highest BCUT2D eigenvalue weighted by molar-refractivity contribution is 6.01. The van der Waals surface area contributed by atoms with E-state index in [1.807, 2.05) is 0 Å². The number of carbonyl (C=O) groups excluding carboxylic acids is 1. The van der Waals surface area contributed by atoms with Crippen LogP contribution in [0.2, 0.25) is 0 Å². The van der Waals surface area contributed by atoms with Gasteiger partial charge in [0.25, 0.3) is 0 Å². The number of hydrogen-bond donors (Lipinski definition) is 2. The summed E-state index contributed by atoms with van der Waals surface area (Å²) in [4.78, 5) is 14.7. The van der Waals surface area contributed by atoms with Gasteiger partial charge >= 0.3 is 0 Å². The molecule has 0 spiro atoms. The fraction of sp³-hybridized carbons (Fsp3) is 0.500. The van der Waals surface area contributed by atoms with Crippen LogP contribution in [-0.4, -0.2) is 22.5 Å². The van der Waals surface area contributed by atoms with Gasteiger partial charge in [0.15, 0.2) is 5.78 Å². The molecular weight excluding hydrogens is 166 g/mol. The summed E-state index contributed by atoms with van der Waals surface area (Å²) in [5, 5.41) is 9.17. The molecule has 1 aliphatic carbocycles. The lowest BCUT2D eigenvalue weighted by Gasteiger charge is -2.38. The monoisotopic (exact) mass is 179 g/mol. The summed E-state index contributed by atoms with van der Waals surface area (Å²) in [6.07, 6.45) is 6.13. The minimum atomic E-state index is -0.456. The largest absolute Gasteiger partial charge is 0.395 e. The van der Waals surface area contributed by atoms with Gasteiger partial charge in [0.2, 0.25) is 0 Å². The van der Waals surface area contributed by atoms with Gasteiger partial charge in [-0.3, -0.25) is 4.79 Å². The fourth-order valence-corrected chi connectivity index (χ4v) is 1.83. The van der Waals surface area contributed by atoms with Crippen molar-refractivity contribution in [1.82, 2.24) is 4.98 Å². The van der Waals surface area contributed by atoms with Gasteiger partial charge < -0.3 is 10.1 Å². The van der Waals surface area contributed by atoms with Crippen molar-refractivity contribution in [2.24, 2.45) is 5.41 Å². The second kappa shape index (κ2) is 3.00. The van der Waals surface area contributed by atoms with Gasteiger partial charge in [-0.05, 0) is 18.9 Å². The van der Waals surface area contributed by atoms with Crippen molar-refractivity contribution in [3.63, 3.8) is 0 Å². The zero-order valence-electron chi connectivity index (χ0n) is 7.42. The smallest absolute Gasteiger partial charge is 0.172 e. The molecular formula is C10H13NO2. The predicted molar refractivity (Wildman–Crippen MR) is 48.5 cm³/mol. The van der Waals surface area contributed by atoms with Gasteiger partial charge in [-0.25, -0.2) is 0 Å². The molecule has 0 radical (unpaired) electrons. The van der Waals surface area contributed by atoms with Crippen molar-refractivity contribution in [3.05, 3.63) is 24.0 Å². The summed E-state index contributed by atoms with van der Waals surface area (Å²) in [6.45, 7) is -0.0169. The molecule has 1 aliphatic rings. The maximum Gasteiger partial charge on any atom is 0.172 e. The zero-order chi connectivity index (χ0) is 9.31. The van der Waals surface area contributed by atoms with Crippen molar-refractivity contribution in [3.8, 4) is 0 Å². The number of H-pyrrole nitrogens is 1. The quantitative estimate of drug-likeness (QED) is 0.688. The van der Waals surface area contributed by atoms with Crippen LogP contribution in [0.15, 0.2) is 18.5 Å². The van der Waals surface area contributed by atoms with Crippen LogP contribution in [0.3, 0.4) is 0 Å². The molecule has 1 aromatic heterocycles. The molecule has 13 heavy (non-hydrogen) atoms. The molecule has 1 saturated carbocycles. The highest BCUT2D eigenvalue weighted by Gasteiger charge is 2.43. The summed E-state index contributed by atoms with van der Waals surface area (Å²) in [6, 6.07) is 1.76. The Morgan fingerprint density at radius 2 is 2.38 bits per heavy atom. The molecule has 0 saturated heterocycles. The standard InChI is InChI=1S/C10H13NO2/c12-7-10(3-1-4-10)9(13)8-2-5-11-6-8/h2,5-6,11-12H,1,3-4,7H2. The molecule has 3 heteroatoms. The Hall–Kier alpha value is -1.09. The van der Waals surface area contributed by atoms with Crippen LogP contribution in [0.25, 0.3) is 0 Å². The highest BCUT2D eigenvalue weighted by atomic mass is 16.3. The van der Waals surface area contributed by atoms with Crippen LogP contribution >= 0.6 is 0 Å². The molecule has 2 rings (SSSR count). The molecule has 0 aromatic carbocycles. The average Bonchev–Trinajstić information content (AvgIpc) is 2.54. The topological polar surface area (TPSA) is 53.1 Å². The molecule has 1 aromatic rings. The number of aliphatic hydroxyl groups excluding tert-OH is 1. The minimum absolute atomic E-state index is 0.0169. The normalized spacial score (nSPS) is 19.5. The molecule has 3 nitrogen and oxygen atoms in total. The number of nitrogens with one attached hydrogen (secondary N) is 1. The van der Waals surface area contributed by atoms with E-state index in [0.717, 1.165) is 19.3 Å². The number of rotatable bonds is 3. The van der Waals surface area contributed by atoms with Crippen LogP contribution in [0.1, 0.15) is 29.6 Å². The first-order valence-electron chi connectivity index (χ1n) is 4.57. The first-order chi connectivity index (χ1) is 6.28. The van der Waals surface area contributed by atoms with E-state index in [2.05, 4.69) is 4.98 Å².